The number of halogens is 1. The fourth-order valence-electron chi connectivity index (χ4n) is 2.15. The topological polar surface area (TPSA) is 26.0 Å². The zero-order chi connectivity index (χ0) is 9.69. The summed E-state index contributed by atoms with van der Waals surface area (Å²) in [4.78, 5) is 1.44. The maximum absolute atomic E-state index is 5.88. The van der Waals surface area contributed by atoms with E-state index >= 15 is 0 Å². The summed E-state index contributed by atoms with van der Waals surface area (Å²) < 4.78 is 1.21. The lowest BCUT2D eigenvalue weighted by Crippen LogP contribution is -2.24. The van der Waals surface area contributed by atoms with Crippen LogP contribution < -0.4 is 5.73 Å². The molecule has 1 aliphatic rings. The Hall–Kier alpha value is 0.140. The highest BCUT2D eigenvalue weighted by atomic mass is 79.9. The third-order valence-corrected chi connectivity index (χ3v) is 5.14. The second-order valence-electron chi connectivity index (χ2n) is 4.45. The van der Waals surface area contributed by atoms with E-state index in [4.69, 9.17) is 5.73 Å². The van der Waals surface area contributed by atoms with Gasteiger partial charge in [-0.1, -0.05) is 13.8 Å². The van der Waals surface area contributed by atoms with Crippen molar-refractivity contribution in [2.24, 2.45) is 11.1 Å². The third-order valence-electron chi connectivity index (χ3n) is 3.31. The minimum atomic E-state index is 0.268. The maximum atomic E-state index is 5.88. The van der Waals surface area contributed by atoms with E-state index in [0.29, 0.717) is 5.41 Å². The molecule has 0 spiro atoms. The molecule has 0 aromatic carbocycles. The lowest BCUT2D eigenvalue weighted by Gasteiger charge is -2.16. The van der Waals surface area contributed by atoms with Crippen LogP contribution in [0.2, 0.25) is 0 Å². The van der Waals surface area contributed by atoms with E-state index in [1.807, 2.05) is 11.3 Å². The first-order valence-electron chi connectivity index (χ1n) is 4.48. The molecule has 1 heterocycles. The molecule has 1 atom stereocenters. The van der Waals surface area contributed by atoms with Crippen molar-refractivity contribution in [3.05, 3.63) is 20.8 Å². The van der Waals surface area contributed by atoms with Crippen LogP contribution in [0.5, 0.6) is 0 Å². The highest BCUT2D eigenvalue weighted by molar-refractivity contribution is 9.11. The molecule has 2 N–H and O–H groups in total. The fraction of sp³-hybridized carbons (Fsp3) is 0.600. The van der Waals surface area contributed by atoms with Crippen LogP contribution in [0.3, 0.4) is 0 Å². The second-order valence-corrected chi connectivity index (χ2v) is 6.91. The van der Waals surface area contributed by atoms with E-state index < -0.39 is 0 Å². The normalized spacial score (nSPS) is 30.5. The van der Waals surface area contributed by atoms with E-state index in [2.05, 4.69) is 41.9 Å². The molecule has 1 aromatic heterocycles. The molecule has 13 heavy (non-hydrogen) atoms. The van der Waals surface area contributed by atoms with Crippen LogP contribution in [0.4, 0.5) is 0 Å². The molecule has 1 fully saturated rings. The Kier molecular flexibility index (Phi) is 2.10. The molecule has 0 aliphatic heterocycles. The van der Waals surface area contributed by atoms with E-state index in [1.165, 1.54) is 15.1 Å². The van der Waals surface area contributed by atoms with Gasteiger partial charge in [0.1, 0.15) is 0 Å². The molecule has 72 valence electrons. The monoisotopic (exact) mass is 259 g/mol. The van der Waals surface area contributed by atoms with Crippen LogP contribution in [0, 0.1) is 5.41 Å². The van der Waals surface area contributed by atoms with Gasteiger partial charge in [0.25, 0.3) is 0 Å². The largest absolute Gasteiger partial charge is 0.330 e. The van der Waals surface area contributed by atoms with Gasteiger partial charge in [-0.15, -0.1) is 11.3 Å². The zero-order valence-corrected chi connectivity index (χ0v) is 10.3. The van der Waals surface area contributed by atoms with Crippen molar-refractivity contribution < 1.29 is 0 Å². The van der Waals surface area contributed by atoms with Crippen LogP contribution in [-0.4, -0.2) is 6.54 Å². The maximum Gasteiger partial charge on any atom is 0.0701 e. The fourth-order valence-corrected chi connectivity index (χ4v) is 3.92. The molecule has 2 rings (SSSR count). The van der Waals surface area contributed by atoms with Crippen LogP contribution in [0.25, 0.3) is 0 Å². The van der Waals surface area contributed by atoms with Gasteiger partial charge in [-0.3, -0.25) is 0 Å². The Balaban J connectivity index is 2.35. The summed E-state index contributed by atoms with van der Waals surface area (Å²) in [5.74, 6) is 0. The van der Waals surface area contributed by atoms with Crippen LogP contribution >= 0.6 is 27.3 Å². The van der Waals surface area contributed by atoms with Gasteiger partial charge in [0, 0.05) is 16.8 Å². The Labute approximate surface area is 91.5 Å². The van der Waals surface area contributed by atoms with E-state index in [1.54, 1.807) is 0 Å². The van der Waals surface area contributed by atoms with E-state index in [0.717, 1.165) is 6.54 Å². The summed E-state index contributed by atoms with van der Waals surface area (Å²) >= 11 is 5.32. The second kappa shape index (κ2) is 2.81. The van der Waals surface area contributed by atoms with E-state index in [9.17, 15) is 0 Å². The molecule has 1 unspecified atom stereocenters. The molecule has 1 saturated carbocycles. The van der Waals surface area contributed by atoms with Crippen LogP contribution in [0.15, 0.2) is 15.9 Å². The quantitative estimate of drug-likeness (QED) is 0.868. The van der Waals surface area contributed by atoms with Crippen LogP contribution in [-0.2, 0) is 5.41 Å². The molecular weight excluding hydrogens is 246 g/mol. The molecule has 3 heteroatoms. The highest BCUT2D eigenvalue weighted by Gasteiger charge is 2.61. The summed E-state index contributed by atoms with van der Waals surface area (Å²) in [6.07, 6.45) is 1.23. The lowest BCUT2D eigenvalue weighted by atomic mass is 9.94. The summed E-state index contributed by atoms with van der Waals surface area (Å²) in [7, 11) is 0. The summed E-state index contributed by atoms with van der Waals surface area (Å²) in [6.45, 7) is 5.37. The molecule has 0 saturated heterocycles. The average Bonchev–Trinajstić information content (AvgIpc) is 2.43. The van der Waals surface area contributed by atoms with Crippen molar-refractivity contribution in [1.29, 1.82) is 0 Å². The Bertz CT molecular complexity index is 331. The predicted molar refractivity (Wildman–Crippen MR) is 61.1 cm³/mol. The van der Waals surface area contributed by atoms with Crippen molar-refractivity contribution in [3.63, 3.8) is 0 Å². The molecule has 0 radical (unpaired) electrons. The number of hydrogen-bond donors (Lipinski definition) is 1. The number of hydrogen-bond acceptors (Lipinski definition) is 2. The van der Waals surface area contributed by atoms with Gasteiger partial charge in [-0.05, 0) is 39.9 Å². The first-order valence-corrected chi connectivity index (χ1v) is 6.09. The van der Waals surface area contributed by atoms with Crippen molar-refractivity contribution >= 4 is 27.3 Å². The van der Waals surface area contributed by atoms with Gasteiger partial charge >= 0.3 is 0 Å². The van der Waals surface area contributed by atoms with Crippen molar-refractivity contribution in [2.75, 3.05) is 6.54 Å². The van der Waals surface area contributed by atoms with E-state index in [-0.39, 0.29) is 5.41 Å². The molecule has 1 aliphatic carbocycles. The predicted octanol–water partition coefficient (Wildman–Crippen LogP) is 3.14. The first-order chi connectivity index (χ1) is 6.02. The Morgan fingerprint density at radius 3 is 2.46 bits per heavy atom. The SMILES string of the molecule is CC1(C)CC1(CN)c1ccc(Br)s1. The molecule has 1 nitrogen and oxygen atoms in total. The smallest absolute Gasteiger partial charge is 0.0701 e. The average molecular weight is 260 g/mol. The Morgan fingerprint density at radius 1 is 1.54 bits per heavy atom. The third kappa shape index (κ3) is 1.29. The summed E-state index contributed by atoms with van der Waals surface area (Å²) in [5, 5.41) is 0. The van der Waals surface area contributed by atoms with Crippen LogP contribution in [0.1, 0.15) is 25.1 Å². The van der Waals surface area contributed by atoms with Crippen molar-refractivity contribution in [3.8, 4) is 0 Å². The minimum absolute atomic E-state index is 0.268. The van der Waals surface area contributed by atoms with Gasteiger partial charge in [0.15, 0.2) is 0 Å². The van der Waals surface area contributed by atoms with Crippen molar-refractivity contribution in [1.82, 2.24) is 0 Å². The van der Waals surface area contributed by atoms with Gasteiger partial charge in [0.05, 0.1) is 3.79 Å². The number of rotatable bonds is 2. The summed E-state index contributed by atoms with van der Waals surface area (Å²) in [5.41, 5.74) is 6.54. The zero-order valence-electron chi connectivity index (χ0n) is 7.93. The molecule has 0 amide bonds. The Morgan fingerprint density at radius 2 is 2.15 bits per heavy atom. The standard InChI is InChI=1S/C10H14BrNS/c1-9(2)5-10(9,6-12)7-3-4-8(11)13-7/h3-4H,5-6,12H2,1-2H3. The number of thiophene rings is 1. The molecule has 1 aromatic rings. The van der Waals surface area contributed by atoms with Gasteiger partial charge in [-0.25, -0.2) is 0 Å². The number of nitrogens with two attached hydrogens (primary N) is 1. The lowest BCUT2D eigenvalue weighted by molar-refractivity contribution is 0.509. The van der Waals surface area contributed by atoms with Gasteiger partial charge < -0.3 is 5.73 Å². The molecular formula is C10H14BrNS. The first kappa shape index (κ1) is 9.69. The highest BCUT2D eigenvalue weighted by Crippen LogP contribution is 2.64. The summed E-state index contributed by atoms with van der Waals surface area (Å²) in [6, 6.07) is 4.32. The van der Waals surface area contributed by atoms with Gasteiger partial charge in [0.2, 0.25) is 0 Å². The van der Waals surface area contributed by atoms with Gasteiger partial charge in [-0.2, -0.15) is 0 Å². The molecule has 0 bridgehead atoms. The minimum Gasteiger partial charge on any atom is -0.330 e. The van der Waals surface area contributed by atoms with Crippen molar-refractivity contribution in [2.45, 2.75) is 25.7 Å².